The van der Waals surface area contributed by atoms with Gasteiger partial charge in [-0.3, -0.25) is 4.57 Å². The van der Waals surface area contributed by atoms with Crippen LogP contribution in [0.25, 0.3) is 17.1 Å². The molecule has 0 fully saturated rings. The Balaban J connectivity index is 2.24. The third-order valence-electron chi connectivity index (χ3n) is 5.10. The number of imidazole rings is 1. The number of aromatic nitrogens is 2. The predicted octanol–water partition coefficient (Wildman–Crippen LogP) is 6.71. The van der Waals surface area contributed by atoms with Gasteiger partial charge in [-0.2, -0.15) is 3.89 Å². The van der Waals surface area contributed by atoms with Gasteiger partial charge in [0.2, 0.25) is 0 Å². The van der Waals surface area contributed by atoms with Gasteiger partial charge in [0.15, 0.2) is 0 Å². The minimum atomic E-state index is -0.593. The highest BCUT2D eigenvalue weighted by Gasteiger charge is 2.30. The molecule has 0 aliphatic carbocycles. The van der Waals surface area contributed by atoms with Gasteiger partial charge in [0, 0.05) is 18.0 Å². The molecule has 1 atom stereocenters. The fraction of sp³-hybridized carbons (Fsp3) is 0.318. The smallest absolute Gasteiger partial charge is 0.144 e. The Labute approximate surface area is 159 Å². The van der Waals surface area contributed by atoms with Gasteiger partial charge < -0.3 is 0 Å². The number of nitrogens with zero attached hydrogens (tertiary/aromatic N) is 2. The molecule has 0 amide bonds. The van der Waals surface area contributed by atoms with Gasteiger partial charge in [-0.15, -0.1) is 0 Å². The fourth-order valence-corrected chi connectivity index (χ4v) is 4.03. The maximum absolute atomic E-state index is 13.8. The maximum atomic E-state index is 13.8. The summed E-state index contributed by atoms with van der Waals surface area (Å²) in [6.07, 6.45) is 4.51. The van der Waals surface area contributed by atoms with E-state index < -0.39 is 4.75 Å². The molecule has 26 heavy (non-hydrogen) atoms. The van der Waals surface area contributed by atoms with Crippen LogP contribution in [0.4, 0.5) is 3.89 Å². The first-order chi connectivity index (χ1) is 12.4. The van der Waals surface area contributed by atoms with Crippen molar-refractivity contribution >= 4 is 12.1 Å². The highest BCUT2D eigenvalue weighted by Crippen LogP contribution is 2.44. The zero-order chi connectivity index (χ0) is 18.9. The van der Waals surface area contributed by atoms with Crippen molar-refractivity contribution in [2.24, 2.45) is 0 Å². The largest absolute Gasteiger partial charge is 0.299 e. The van der Waals surface area contributed by atoms with E-state index >= 15 is 0 Å². The number of halogens is 1. The van der Waals surface area contributed by atoms with Crippen molar-refractivity contribution in [3.05, 3.63) is 71.0 Å². The average molecular weight is 369 g/mol. The number of hydrogen-bond acceptors (Lipinski definition) is 2. The van der Waals surface area contributed by atoms with Crippen molar-refractivity contribution in [3.8, 4) is 17.1 Å². The van der Waals surface area contributed by atoms with Gasteiger partial charge in [0.05, 0.1) is 22.6 Å². The summed E-state index contributed by atoms with van der Waals surface area (Å²) in [6, 6.07) is 12.4. The predicted molar refractivity (Wildman–Crippen MR) is 110 cm³/mol. The van der Waals surface area contributed by atoms with Crippen LogP contribution < -0.4 is 0 Å². The van der Waals surface area contributed by atoms with Crippen LogP contribution in [0, 0.1) is 20.8 Å². The summed E-state index contributed by atoms with van der Waals surface area (Å²) in [5.74, 6) is 0.851. The van der Waals surface area contributed by atoms with Crippen LogP contribution in [0.5, 0.6) is 0 Å². The standard InChI is InChI=1S/C22H25FN2S/c1-6-22(5,26-23)19-10-8-7-9-18(19)21-24-11-12-25(21)20-16(3)13-15(2)14-17(20)4/h7-14H,6H2,1-5H3. The molecule has 136 valence electrons. The molecule has 1 aromatic heterocycles. The Hall–Kier alpha value is -2.07. The van der Waals surface area contributed by atoms with Gasteiger partial charge in [0.25, 0.3) is 0 Å². The third-order valence-corrected chi connectivity index (χ3v) is 5.95. The van der Waals surface area contributed by atoms with Crippen molar-refractivity contribution in [1.82, 2.24) is 9.55 Å². The van der Waals surface area contributed by atoms with E-state index in [2.05, 4.69) is 42.5 Å². The number of aryl methyl sites for hydroxylation is 3. The van der Waals surface area contributed by atoms with Crippen molar-refractivity contribution in [2.45, 2.75) is 45.8 Å². The number of rotatable bonds is 5. The SMILES string of the molecule is CCC(C)(SF)c1ccccc1-c1nccn1-c1c(C)cc(C)cc1C. The second-order valence-corrected chi connectivity index (χ2v) is 8.13. The molecule has 0 radical (unpaired) electrons. The van der Waals surface area contributed by atoms with E-state index in [4.69, 9.17) is 0 Å². The molecule has 2 aromatic carbocycles. The van der Waals surface area contributed by atoms with Crippen LogP contribution >= 0.6 is 12.1 Å². The first-order valence-electron chi connectivity index (χ1n) is 8.92. The van der Waals surface area contributed by atoms with E-state index in [0.717, 1.165) is 22.6 Å². The lowest BCUT2D eigenvalue weighted by atomic mass is 9.92. The molecule has 3 rings (SSSR count). The van der Waals surface area contributed by atoms with Crippen LogP contribution in [0.3, 0.4) is 0 Å². The zero-order valence-electron chi connectivity index (χ0n) is 16.0. The van der Waals surface area contributed by atoms with Crippen molar-refractivity contribution < 1.29 is 3.89 Å². The van der Waals surface area contributed by atoms with E-state index in [-0.39, 0.29) is 0 Å². The van der Waals surface area contributed by atoms with Gasteiger partial charge in [-0.05, 0) is 50.8 Å². The van der Waals surface area contributed by atoms with E-state index in [1.165, 1.54) is 16.7 Å². The monoisotopic (exact) mass is 368 g/mol. The molecule has 0 saturated carbocycles. The minimum Gasteiger partial charge on any atom is -0.299 e. The molecule has 1 heterocycles. The van der Waals surface area contributed by atoms with Crippen LogP contribution in [-0.2, 0) is 4.75 Å². The van der Waals surface area contributed by atoms with Crippen LogP contribution in [0.2, 0.25) is 0 Å². The lowest BCUT2D eigenvalue weighted by molar-refractivity contribution is 0.644. The van der Waals surface area contributed by atoms with Crippen molar-refractivity contribution in [3.63, 3.8) is 0 Å². The first kappa shape index (κ1) is 18.7. The Bertz CT molecular complexity index is 902. The second-order valence-electron chi connectivity index (χ2n) is 7.08. The summed E-state index contributed by atoms with van der Waals surface area (Å²) in [7, 11) is 0. The Kier molecular flexibility index (Phi) is 5.24. The Morgan fingerprint density at radius 1 is 1.12 bits per heavy atom. The van der Waals surface area contributed by atoms with E-state index in [1.807, 2.05) is 50.5 Å². The summed E-state index contributed by atoms with van der Waals surface area (Å²) in [5.41, 5.74) is 6.76. The Morgan fingerprint density at radius 3 is 2.38 bits per heavy atom. The first-order valence-corrected chi connectivity index (χ1v) is 9.64. The zero-order valence-corrected chi connectivity index (χ0v) is 16.8. The molecule has 0 saturated heterocycles. The summed E-state index contributed by atoms with van der Waals surface area (Å²) in [5, 5.41) is 0. The van der Waals surface area contributed by atoms with Crippen LogP contribution in [0.1, 0.15) is 42.5 Å². The van der Waals surface area contributed by atoms with E-state index in [9.17, 15) is 3.89 Å². The van der Waals surface area contributed by atoms with Crippen molar-refractivity contribution in [1.29, 1.82) is 0 Å². The van der Waals surface area contributed by atoms with Gasteiger partial charge in [-0.25, -0.2) is 4.98 Å². The maximum Gasteiger partial charge on any atom is 0.144 e. The lowest BCUT2D eigenvalue weighted by Crippen LogP contribution is -2.16. The van der Waals surface area contributed by atoms with Crippen LogP contribution in [-0.4, -0.2) is 9.55 Å². The number of benzene rings is 2. The molecule has 1 unspecified atom stereocenters. The fourth-order valence-electron chi connectivity index (χ4n) is 3.66. The topological polar surface area (TPSA) is 17.8 Å². The summed E-state index contributed by atoms with van der Waals surface area (Å²) >= 11 is 0.410. The highest BCUT2D eigenvalue weighted by molar-refractivity contribution is 7.95. The summed E-state index contributed by atoms with van der Waals surface area (Å²) in [4.78, 5) is 4.64. The molecule has 0 bridgehead atoms. The molecule has 2 nitrogen and oxygen atoms in total. The molecule has 0 aliphatic heterocycles. The van der Waals surface area contributed by atoms with Crippen LogP contribution in [0.15, 0.2) is 48.8 Å². The van der Waals surface area contributed by atoms with E-state index in [0.29, 0.717) is 18.6 Å². The molecule has 4 heteroatoms. The van der Waals surface area contributed by atoms with Crippen molar-refractivity contribution in [2.75, 3.05) is 0 Å². The summed E-state index contributed by atoms with van der Waals surface area (Å²) < 4.78 is 15.4. The highest BCUT2D eigenvalue weighted by atomic mass is 32.2. The molecular weight excluding hydrogens is 343 g/mol. The second kappa shape index (κ2) is 7.28. The molecule has 3 aromatic rings. The Morgan fingerprint density at radius 2 is 1.77 bits per heavy atom. The normalized spacial score (nSPS) is 13.6. The summed E-state index contributed by atoms with van der Waals surface area (Å²) in [6.45, 7) is 10.3. The van der Waals surface area contributed by atoms with Gasteiger partial charge in [-0.1, -0.05) is 48.9 Å². The lowest BCUT2D eigenvalue weighted by Gasteiger charge is -2.26. The van der Waals surface area contributed by atoms with E-state index in [1.54, 1.807) is 0 Å². The molecular formula is C22H25FN2S. The average Bonchev–Trinajstić information content (AvgIpc) is 3.09. The third kappa shape index (κ3) is 3.18. The molecule has 0 aliphatic rings. The van der Waals surface area contributed by atoms with Gasteiger partial charge >= 0.3 is 0 Å². The molecule has 0 spiro atoms. The minimum absolute atomic E-state index is 0.410. The number of hydrogen-bond donors (Lipinski definition) is 0. The van der Waals surface area contributed by atoms with Gasteiger partial charge in [0.1, 0.15) is 5.82 Å². The quantitative estimate of drug-likeness (QED) is 0.498. The molecule has 0 N–H and O–H groups in total.